The summed E-state index contributed by atoms with van der Waals surface area (Å²) >= 11 is 0. The maximum atomic E-state index is 13.4. The lowest BCUT2D eigenvalue weighted by Crippen LogP contribution is -2.53. The molecule has 4 rings (SSSR count). The zero-order chi connectivity index (χ0) is 32.2. The second-order valence-electron chi connectivity index (χ2n) is 10.8. The molecule has 3 atom stereocenters. The van der Waals surface area contributed by atoms with Gasteiger partial charge in [0.25, 0.3) is 5.91 Å². The van der Waals surface area contributed by atoms with E-state index in [0.717, 1.165) is 11.3 Å². The second-order valence-corrected chi connectivity index (χ2v) is 10.8. The summed E-state index contributed by atoms with van der Waals surface area (Å²) in [7, 11) is 3.25. The lowest BCUT2D eigenvalue weighted by atomic mass is 10.0. The Balaban J connectivity index is 1.45. The van der Waals surface area contributed by atoms with Crippen LogP contribution in [0.1, 0.15) is 35.7 Å². The van der Waals surface area contributed by atoms with E-state index in [1.807, 2.05) is 30.3 Å². The molecule has 3 N–H and O–H groups in total. The molecule has 0 aliphatic carbocycles. The van der Waals surface area contributed by atoms with Crippen LogP contribution in [-0.2, 0) is 20.8 Å². The Morgan fingerprint density at radius 3 is 2.38 bits per heavy atom. The van der Waals surface area contributed by atoms with Crippen LogP contribution in [0.25, 0.3) is 0 Å². The molecule has 1 aliphatic rings. The van der Waals surface area contributed by atoms with E-state index in [1.165, 1.54) is 0 Å². The van der Waals surface area contributed by atoms with Crippen molar-refractivity contribution in [2.45, 2.75) is 44.3 Å². The number of carbonyl (C=O) groups excluding carboxylic acids is 4. The number of hydrogen-bond acceptors (Lipinski definition) is 7. The molecule has 0 saturated heterocycles. The molecule has 3 aromatic rings. The number of benzene rings is 3. The number of hydrogen-bond donors (Lipinski definition) is 3. The van der Waals surface area contributed by atoms with E-state index in [0.29, 0.717) is 30.9 Å². The van der Waals surface area contributed by atoms with Crippen LogP contribution in [0.15, 0.2) is 78.9 Å². The fourth-order valence-electron chi connectivity index (χ4n) is 4.91. The van der Waals surface area contributed by atoms with Gasteiger partial charge in [0.05, 0.1) is 31.7 Å². The fourth-order valence-corrected chi connectivity index (χ4v) is 4.91. The van der Waals surface area contributed by atoms with Crippen molar-refractivity contribution in [1.29, 1.82) is 0 Å². The highest BCUT2D eigenvalue weighted by Gasteiger charge is 2.30. The first kappa shape index (κ1) is 32.8. The van der Waals surface area contributed by atoms with Gasteiger partial charge in [0, 0.05) is 13.6 Å². The van der Waals surface area contributed by atoms with Crippen molar-refractivity contribution in [3.05, 3.63) is 90.0 Å². The monoisotopic (exact) mass is 616 g/mol. The van der Waals surface area contributed by atoms with E-state index in [9.17, 15) is 19.2 Å². The Morgan fingerprint density at radius 1 is 0.956 bits per heavy atom. The molecule has 11 heteroatoms. The van der Waals surface area contributed by atoms with Crippen molar-refractivity contribution >= 4 is 23.6 Å². The quantitative estimate of drug-likeness (QED) is 0.315. The van der Waals surface area contributed by atoms with Crippen LogP contribution < -0.4 is 30.2 Å². The summed E-state index contributed by atoms with van der Waals surface area (Å²) in [6.45, 7) is 2.29. The zero-order valence-corrected chi connectivity index (χ0v) is 25.8. The third-order valence-corrected chi connectivity index (χ3v) is 7.48. The molecule has 0 aromatic heterocycles. The van der Waals surface area contributed by atoms with Crippen LogP contribution >= 0.6 is 0 Å². The lowest BCUT2D eigenvalue weighted by Gasteiger charge is -2.31. The molecular weight excluding hydrogens is 576 g/mol. The van der Waals surface area contributed by atoms with Gasteiger partial charge in [-0.3, -0.25) is 19.2 Å². The first-order chi connectivity index (χ1) is 21.7. The number of fused-ring (bicyclic) bond motifs is 1. The summed E-state index contributed by atoms with van der Waals surface area (Å²) in [4.78, 5) is 54.7. The maximum Gasteiger partial charge on any atom is 0.255 e. The minimum Gasteiger partial charge on any atom is -0.497 e. The predicted octanol–water partition coefficient (Wildman–Crippen LogP) is 2.74. The third kappa shape index (κ3) is 9.46. The van der Waals surface area contributed by atoms with Gasteiger partial charge in [-0.05, 0) is 61.7 Å². The number of amides is 4. The first-order valence-electron chi connectivity index (χ1n) is 14.9. The van der Waals surface area contributed by atoms with Crippen molar-refractivity contribution < 1.29 is 33.4 Å². The van der Waals surface area contributed by atoms with Gasteiger partial charge >= 0.3 is 0 Å². The number of para-hydroxylation sites is 1. The largest absolute Gasteiger partial charge is 0.497 e. The van der Waals surface area contributed by atoms with Gasteiger partial charge in [-0.25, -0.2) is 0 Å². The topological polar surface area (TPSA) is 135 Å². The predicted molar refractivity (Wildman–Crippen MR) is 168 cm³/mol. The summed E-state index contributed by atoms with van der Waals surface area (Å²) in [6.07, 6.45) is 0.631. The van der Waals surface area contributed by atoms with Crippen molar-refractivity contribution in [3.63, 3.8) is 0 Å². The zero-order valence-electron chi connectivity index (χ0n) is 25.8. The Morgan fingerprint density at radius 2 is 1.64 bits per heavy atom. The number of nitrogens with zero attached hydrogens (tertiary/aromatic N) is 1. The van der Waals surface area contributed by atoms with Gasteiger partial charge in [-0.15, -0.1) is 0 Å². The van der Waals surface area contributed by atoms with E-state index < -0.39 is 29.8 Å². The van der Waals surface area contributed by atoms with Crippen LogP contribution in [0, 0.1) is 0 Å². The van der Waals surface area contributed by atoms with Gasteiger partial charge in [0.15, 0.2) is 0 Å². The highest BCUT2D eigenvalue weighted by atomic mass is 16.5. The van der Waals surface area contributed by atoms with Crippen LogP contribution in [0.4, 0.5) is 0 Å². The van der Waals surface area contributed by atoms with E-state index in [4.69, 9.17) is 14.2 Å². The summed E-state index contributed by atoms with van der Waals surface area (Å²) in [6, 6.07) is 21.1. The Hall–Kier alpha value is -5.06. The van der Waals surface area contributed by atoms with Gasteiger partial charge in [0.1, 0.15) is 35.9 Å². The number of nitrogens with one attached hydrogen (secondary N) is 3. The Bertz CT molecular complexity index is 1450. The van der Waals surface area contributed by atoms with Gasteiger partial charge in [-0.1, -0.05) is 42.5 Å². The molecule has 45 heavy (non-hydrogen) atoms. The normalized spacial score (nSPS) is 19.2. The molecule has 0 spiro atoms. The molecule has 0 saturated carbocycles. The smallest absolute Gasteiger partial charge is 0.255 e. The summed E-state index contributed by atoms with van der Waals surface area (Å²) in [5, 5.41) is 8.15. The molecule has 238 valence electrons. The molecule has 0 radical (unpaired) electrons. The maximum absolute atomic E-state index is 13.4. The number of rotatable bonds is 9. The fraction of sp³-hybridized carbons (Fsp3) is 0.353. The van der Waals surface area contributed by atoms with E-state index >= 15 is 0 Å². The number of methoxy groups -OCH3 is 1. The van der Waals surface area contributed by atoms with Crippen LogP contribution in [0.5, 0.6) is 17.2 Å². The Labute approximate surface area is 263 Å². The summed E-state index contributed by atoms with van der Waals surface area (Å²) < 4.78 is 17.0. The number of carbonyl (C=O) groups is 4. The van der Waals surface area contributed by atoms with Crippen LogP contribution in [-0.4, -0.2) is 80.6 Å². The van der Waals surface area contributed by atoms with Gasteiger partial charge < -0.3 is 35.1 Å². The number of ether oxygens (including phenoxy) is 3. The Kier molecular flexibility index (Phi) is 11.8. The molecule has 0 fully saturated rings. The molecule has 11 nitrogen and oxygen atoms in total. The van der Waals surface area contributed by atoms with E-state index in [1.54, 1.807) is 74.5 Å². The minimum atomic E-state index is -1.19. The standard InChI is InChI=1S/C34H40N4O7/c1-23-34(42)38(2)25(20-24-10-5-4-6-11-24)22-45-30-13-8-7-12-28(30)32(40)37-29(21-31(39)36-23)33(41)35-18-9-19-44-27-16-14-26(43-3)15-17-27/h4-8,10-17,23,25,29H,9,18-22H2,1-3H3,(H,35,41)(H,36,39)(H,37,40)/t23-,25-,29-/m0/s1. The average molecular weight is 617 g/mol. The second kappa shape index (κ2) is 16.1. The number of likely N-dealkylation sites (N-methyl/N-ethyl adjacent to an activating group) is 1. The molecule has 4 amide bonds. The molecular formula is C34H40N4O7. The van der Waals surface area contributed by atoms with Crippen LogP contribution in [0.2, 0.25) is 0 Å². The summed E-state index contributed by atoms with van der Waals surface area (Å²) in [5.74, 6) is -0.259. The third-order valence-electron chi connectivity index (χ3n) is 7.48. The van der Waals surface area contributed by atoms with Crippen LogP contribution in [0.3, 0.4) is 0 Å². The van der Waals surface area contributed by atoms with Crippen molar-refractivity contribution in [1.82, 2.24) is 20.9 Å². The molecule has 0 unspecified atom stereocenters. The lowest BCUT2D eigenvalue weighted by molar-refractivity contribution is -0.137. The molecule has 1 heterocycles. The average Bonchev–Trinajstić information content (AvgIpc) is 3.05. The minimum absolute atomic E-state index is 0.102. The highest BCUT2D eigenvalue weighted by molar-refractivity contribution is 6.01. The van der Waals surface area contributed by atoms with Gasteiger partial charge in [-0.2, -0.15) is 0 Å². The van der Waals surface area contributed by atoms with E-state index in [-0.39, 0.29) is 37.1 Å². The molecule has 0 bridgehead atoms. The summed E-state index contributed by atoms with van der Waals surface area (Å²) in [5.41, 5.74) is 1.22. The highest BCUT2D eigenvalue weighted by Crippen LogP contribution is 2.21. The van der Waals surface area contributed by atoms with Gasteiger partial charge in [0.2, 0.25) is 17.7 Å². The van der Waals surface area contributed by atoms with Crippen molar-refractivity contribution in [3.8, 4) is 17.2 Å². The first-order valence-corrected chi connectivity index (χ1v) is 14.9. The molecule has 3 aromatic carbocycles. The van der Waals surface area contributed by atoms with Crippen molar-refractivity contribution in [2.24, 2.45) is 0 Å². The molecule has 1 aliphatic heterocycles. The van der Waals surface area contributed by atoms with Crippen molar-refractivity contribution in [2.75, 3.05) is 33.9 Å². The SMILES string of the molecule is COc1ccc(OCCCNC(=O)[C@@H]2CC(=O)N[C@@H](C)C(=O)N(C)[C@@H](Cc3ccccc3)COc3ccccc3C(=O)N2)cc1. The van der Waals surface area contributed by atoms with E-state index in [2.05, 4.69) is 16.0 Å².